The SMILES string of the molecule is Cn1cc(C2CCC(CO)O2)c(=O)n(CCC(N)C(=O)O)c1=O. The molecule has 2 heterocycles. The van der Waals surface area contributed by atoms with E-state index in [0.29, 0.717) is 18.4 Å². The summed E-state index contributed by atoms with van der Waals surface area (Å²) >= 11 is 0. The van der Waals surface area contributed by atoms with Crippen LogP contribution in [0.15, 0.2) is 15.8 Å². The maximum Gasteiger partial charge on any atom is 0.330 e. The normalized spacial score (nSPS) is 22.2. The van der Waals surface area contributed by atoms with Gasteiger partial charge in [-0.15, -0.1) is 0 Å². The molecule has 0 saturated carbocycles. The summed E-state index contributed by atoms with van der Waals surface area (Å²) in [4.78, 5) is 35.4. The molecule has 1 aromatic rings. The van der Waals surface area contributed by atoms with Gasteiger partial charge in [0.1, 0.15) is 6.04 Å². The number of hydrogen-bond donors (Lipinski definition) is 3. The van der Waals surface area contributed by atoms with Crippen LogP contribution in [-0.2, 0) is 23.1 Å². The van der Waals surface area contributed by atoms with Gasteiger partial charge >= 0.3 is 11.7 Å². The first-order chi connectivity index (χ1) is 10.8. The van der Waals surface area contributed by atoms with Gasteiger partial charge in [-0.1, -0.05) is 0 Å². The number of carbonyl (C=O) groups is 1. The molecule has 3 unspecified atom stereocenters. The van der Waals surface area contributed by atoms with E-state index < -0.39 is 29.4 Å². The van der Waals surface area contributed by atoms with Gasteiger partial charge < -0.3 is 25.3 Å². The zero-order valence-electron chi connectivity index (χ0n) is 12.8. The molecule has 0 amide bonds. The van der Waals surface area contributed by atoms with Crippen LogP contribution in [0.1, 0.15) is 30.9 Å². The second-order valence-corrected chi connectivity index (χ2v) is 5.67. The highest BCUT2D eigenvalue weighted by Crippen LogP contribution is 2.30. The van der Waals surface area contributed by atoms with Crippen LogP contribution in [0.5, 0.6) is 0 Å². The van der Waals surface area contributed by atoms with Crippen molar-refractivity contribution in [1.29, 1.82) is 0 Å². The van der Waals surface area contributed by atoms with Crippen molar-refractivity contribution < 1.29 is 19.7 Å². The summed E-state index contributed by atoms with van der Waals surface area (Å²) in [5.41, 5.74) is 4.71. The standard InChI is InChI=1S/C14H21N3O6/c1-16-6-9(11-3-2-8(7-18)23-11)12(19)17(14(16)22)5-4-10(15)13(20)21/h6,8,10-11,18H,2-5,7,15H2,1H3,(H,20,21). The predicted octanol–water partition coefficient (Wildman–Crippen LogP) is -1.44. The van der Waals surface area contributed by atoms with Gasteiger partial charge in [-0.25, -0.2) is 4.79 Å². The van der Waals surface area contributed by atoms with Gasteiger partial charge in [-0.2, -0.15) is 0 Å². The summed E-state index contributed by atoms with van der Waals surface area (Å²) in [6.07, 6.45) is 1.82. The fourth-order valence-corrected chi connectivity index (χ4v) is 2.63. The molecule has 1 saturated heterocycles. The molecule has 0 radical (unpaired) electrons. The molecular formula is C14H21N3O6. The van der Waals surface area contributed by atoms with Crippen LogP contribution in [0.25, 0.3) is 0 Å². The number of aromatic nitrogens is 2. The van der Waals surface area contributed by atoms with Gasteiger partial charge in [0.05, 0.1) is 24.4 Å². The van der Waals surface area contributed by atoms with Gasteiger partial charge in [0.25, 0.3) is 5.56 Å². The van der Waals surface area contributed by atoms with E-state index in [4.69, 9.17) is 20.7 Å². The molecule has 4 N–H and O–H groups in total. The van der Waals surface area contributed by atoms with Gasteiger partial charge in [-0.05, 0) is 19.3 Å². The first-order valence-corrected chi connectivity index (χ1v) is 7.40. The van der Waals surface area contributed by atoms with Crippen LogP contribution in [0.2, 0.25) is 0 Å². The fraction of sp³-hybridized carbons (Fsp3) is 0.643. The van der Waals surface area contributed by atoms with Crippen LogP contribution in [0, 0.1) is 0 Å². The lowest BCUT2D eigenvalue weighted by Crippen LogP contribution is -2.43. The molecule has 1 fully saturated rings. The second kappa shape index (κ2) is 7.07. The Morgan fingerprint density at radius 2 is 2.17 bits per heavy atom. The van der Waals surface area contributed by atoms with E-state index in [1.165, 1.54) is 17.8 Å². The van der Waals surface area contributed by atoms with Crippen LogP contribution in [0.4, 0.5) is 0 Å². The maximum absolute atomic E-state index is 12.5. The molecule has 2 rings (SSSR count). The van der Waals surface area contributed by atoms with Gasteiger partial charge in [0, 0.05) is 19.8 Å². The number of aryl methyl sites for hydroxylation is 1. The quantitative estimate of drug-likeness (QED) is 0.582. The van der Waals surface area contributed by atoms with Gasteiger partial charge in [0.15, 0.2) is 0 Å². The summed E-state index contributed by atoms with van der Waals surface area (Å²) in [6, 6.07) is -1.14. The van der Waals surface area contributed by atoms with Crippen molar-refractivity contribution in [1.82, 2.24) is 9.13 Å². The first-order valence-electron chi connectivity index (χ1n) is 7.40. The molecule has 0 aliphatic carbocycles. The molecule has 128 valence electrons. The average molecular weight is 327 g/mol. The molecule has 0 aromatic carbocycles. The highest BCUT2D eigenvalue weighted by atomic mass is 16.5. The number of aliphatic hydroxyl groups is 1. The van der Waals surface area contributed by atoms with Crippen LogP contribution in [-0.4, -0.2) is 44.1 Å². The smallest absolute Gasteiger partial charge is 0.330 e. The number of carboxylic acids is 1. The second-order valence-electron chi connectivity index (χ2n) is 5.67. The third-order valence-corrected chi connectivity index (χ3v) is 4.00. The highest BCUT2D eigenvalue weighted by molar-refractivity contribution is 5.72. The molecule has 0 spiro atoms. The largest absolute Gasteiger partial charge is 0.480 e. The van der Waals surface area contributed by atoms with Crippen LogP contribution >= 0.6 is 0 Å². The molecule has 9 heteroatoms. The Bertz CT molecular complexity index is 695. The van der Waals surface area contributed by atoms with Gasteiger partial charge in [-0.3, -0.25) is 14.2 Å². The molecule has 3 atom stereocenters. The summed E-state index contributed by atoms with van der Waals surface area (Å²) < 4.78 is 7.84. The van der Waals surface area contributed by atoms with Crippen molar-refractivity contribution >= 4 is 5.97 Å². The molecule has 1 aromatic heterocycles. The molecule has 0 bridgehead atoms. The Morgan fingerprint density at radius 3 is 2.74 bits per heavy atom. The molecule has 1 aliphatic rings. The minimum atomic E-state index is -1.18. The molecule has 9 nitrogen and oxygen atoms in total. The monoisotopic (exact) mass is 327 g/mol. The van der Waals surface area contributed by atoms with Gasteiger partial charge in [0.2, 0.25) is 0 Å². The third-order valence-electron chi connectivity index (χ3n) is 4.00. The van der Waals surface area contributed by atoms with Crippen molar-refractivity contribution in [3.8, 4) is 0 Å². The van der Waals surface area contributed by atoms with Crippen LogP contribution < -0.4 is 17.0 Å². The Hall–Kier alpha value is -1.97. The summed E-state index contributed by atoms with van der Waals surface area (Å²) in [5, 5.41) is 17.9. The lowest BCUT2D eigenvalue weighted by atomic mass is 10.1. The lowest BCUT2D eigenvalue weighted by Gasteiger charge is -2.16. The van der Waals surface area contributed by atoms with Crippen molar-refractivity contribution in [2.24, 2.45) is 12.8 Å². The predicted molar refractivity (Wildman–Crippen MR) is 80.1 cm³/mol. The highest BCUT2D eigenvalue weighted by Gasteiger charge is 2.29. The van der Waals surface area contributed by atoms with Crippen LogP contribution in [0.3, 0.4) is 0 Å². The molecular weight excluding hydrogens is 306 g/mol. The number of hydrogen-bond acceptors (Lipinski definition) is 6. The zero-order valence-corrected chi connectivity index (χ0v) is 12.8. The summed E-state index contributed by atoms with van der Waals surface area (Å²) in [5.74, 6) is -1.18. The number of aliphatic carboxylic acids is 1. The van der Waals surface area contributed by atoms with Crippen molar-refractivity contribution in [2.75, 3.05) is 6.61 Å². The lowest BCUT2D eigenvalue weighted by molar-refractivity contribution is -0.138. The number of rotatable bonds is 6. The number of aliphatic hydroxyl groups excluding tert-OH is 1. The van der Waals surface area contributed by atoms with E-state index in [1.807, 2.05) is 0 Å². The minimum Gasteiger partial charge on any atom is -0.480 e. The van der Waals surface area contributed by atoms with E-state index in [2.05, 4.69) is 0 Å². The topological polar surface area (TPSA) is 137 Å². The molecule has 1 aliphatic heterocycles. The van der Waals surface area contributed by atoms with Crippen molar-refractivity contribution in [3.05, 3.63) is 32.6 Å². The number of nitrogens with two attached hydrogens (primary N) is 1. The average Bonchev–Trinajstić information content (AvgIpc) is 2.99. The Morgan fingerprint density at radius 1 is 1.48 bits per heavy atom. The van der Waals surface area contributed by atoms with E-state index in [-0.39, 0.29) is 25.7 Å². The third kappa shape index (κ3) is 3.69. The molecule has 23 heavy (non-hydrogen) atoms. The minimum absolute atomic E-state index is 0.0290. The number of carboxylic acid groups (broad SMARTS) is 1. The Labute approximate surface area is 131 Å². The fourth-order valence-electron chi connectivity index (χ4n) is 2.63. The van der Waals surface area contributed by atoms with E-state index in [1.54, 1.807) is 0 Å². The number of ether oxygens (including phenoxy) is 1. The Kier molecular flexibility index (Phi) is 5.34. The van der Waals surface area contributed by atoms with E-state index in [9.17, 15) is 14.4 Å². The summed E-state index contributed by atoms with van der Waals surface area (Å²) in [7, 11) is 1.51. The Balaban J connectivity index is 2.30. The first kappa shape index (κ1) is 17.4. The van der Waals surface area contributed by atoms with E-state index >= 15 is 0 Å². The number of nitrogens with zero attached hydrogens (tertiary/aromatic N) is 2. The van der Waals surface area contributed by atoms with Crippen molar-refractivity contribution in [2.45, 2.75) is 44.1 Å². The van der Waals surface area contributed by atoms with E-state index in [0.717, 1.165) is 4.57 Å². The van der Waals surface area contributed by atoms with Crippen molar-refractivity contribution in [3.63, 3.8) is 0 Å². The zero-order chi connectivity index (χ0) is 17.1. The summed E-state index contributed by atoms with van der Waals surface area (Å²) in [6.45, 7) is -0.202. The maximum atomic E-state index is 12.5.